The molecule has 0 bridgehead atoms. The molecule has 0 unspecified atom stereocenters. The number of unbranched alkanes of at least 4 members (excludes halogenated alkanes) is 1. The maximum atomic E-state index is 4.32. The van der Waals surface area contributed by atoms with Crippen molar-refractivity contribution in [3.05, 3.63) is 42.9 Å². The summed E-state index contributed by atoms with van der Waals surface area (Å²) in [6.45, 7) is 5.59. The molecular weight excluding hydrogens is 288 g/mol. The van der Waals surface area contributed by atoms with Crippen LogP contribution < -0.4 is 5.32 Å². The van der Waals surface area contributed by atoms with Crippen molar-refractivity contribution in [1.29, 1.82) is 0 Å². The van der Waals surface area contributed by atoms with Gasteiger partial charge in [-0.05, 0) is 31.4 Å². The topological polar surface area (TPSA) is 57.8 Å². The molecule has 0 atom stereocenters. The van der Waals surface area contributed by atoms with Crippen molar-refractivity contribution in [2.45, 2.75) is 25.7 Å². The van der Waals surface area contributed by atoms with E-state index in [1.807, 2.05) is 41.9 Å². The second-order valence-electron chi connectivity index (χ2n) is 5.48. The van der Waals surface area contributed by atoms with E-state index in [4.69, 9.17) is 0 Å². The Balaban J connectivity index is 1.76. The minimum atomic E-state index is 0.861. The first-order chi connectivity index (χ1) is 11.3. The highest BCUT2D eigenvalue weighted by Crippen LogP contribution is 2.04. The van der Waals surface area contributed by atoms with E-state index >= 15 is 0 Å². The molecule has 6 heteroatoms. The molecule has 1 N–H and O–H groups in total. The summed E-state index contributed by atoms with van der Waals surface area (Å²) < 4.78 is 2.04. The Hall–Kier alpha value is -2.37. The quantitative estimate of drug-likeness (QED) is 0.351. The highest BCUT2D eigenvalue weighted by Gasteiger charge is 2.06. The van der Waals surface area contributed by atoms with E-state index < -0.39 is 0 Å². The molecule has 23 heavy (non-hydrogen) atoms. The number of aromatic nitrogens is 3. The van der Waals surface area contributed by atoms with Crippen LogP contribution in [0, 0.1) is 0 Å². The summed E-state index contributed by atoms with van der Waals surface area (Å²) in [4.78, 5) is 6.47. The highest BCUT2D eigenvalue weighted by molar-refractivity contribution is 5.79. The Morgan fingerprint density at radius 2 is 2.26 bits per heavy atom. The predicted molar refractivity (Wildman–Crippen MR) is 94.7 cm³/mol. The summed E-state index contributed by atoms with van der Waals surface area (Å²) in [5, 5.41) is 11.8. The maximum absolute atomic E-state index is 4.32. The Kier molecular flexibility index (Phi) is 6.59. The van der Waals surface area contributed by atoms with Crippen molar-refractivity contribution < 1.29 is 0 Å². The fourth-order valence-electron chi connectivity index (χ4n) is 2.47. The number of aryl methyl sites for hydroxylation is 1. The van der Waals surface area contributed by atoms with Crippen LogP contribution in [0.3, 0.4) is 0 Å². The second-order valence-corrected chi connectivity index (χ2v) is 5.48. The van der Waals surface area contributed by atoms with Crippen molar-refractivity contribution >= 4 is 11.6 Å². The number of allylic oxidation sites excluding steroid dienone is 1. The molecule has 0 spiro atoms. The molecule has 0 radical (unpaired) electrons. The van der Waals surface area contributed by atoms with E-state index in [0.29, 0.717) is 0 Å². The predicted octanol–water partition coefficient (Wildman–Crippen LogP) is 2.14. The zero-order valence-electron chi connectivity index (χ0n) is 14.1. The van der Waals surface area contributed by atoms with Crippen molar-refractivity contribution in [3.63, 3.8) is 0 Å². The van der Waals surface area contributed by atoms with Gasteiger partial charge in [0.1, 0.15) is 5.82 Å². The molecule has 0 amide bonds. The molecule has 6 nitrogen and oxygen atoms in total. The van der Waals surface area contributed by atoms with Gasteiger partial charge in [-0.3, -0.25) is 9.39 Å². The van der Waals surface area contributed by atoms with Crippen LogP contribution in [-0.4, -0.2) is 52.6 Å². The lowest BCUT2D eigenvalue weighted by Crippen LogP contribution is -2.39. The second kappa shape index (κ2) is 8.92. The molecular formula is C17H26N6. The number of hydrogen-bond donors (Lipinski definition) is 1. The van der Waals surface area contributed by atoms with E-state index in [2.05, 4.69) is 39.0 Å². The molecule has 0 aliphatic heterocycles. The first kappa shape index (κ1) is 17.0. The summed E-state index contributed by atoms with van der Waals surface area (Å²) in [6.07, 6.45) is 7.94. The third kappa shape index (κ3) is 4.81. The average Bonchev–Trinajstić information content (AvgIpc) is 2.98. The first-order valence-electron chi connectivity index (χ1n) is 8.07. The molecule has 0 aliphatic carbocycles. The van der Waals surface area contributed by atoms with Gasteiger partial charge in [0.2, 0.25) is 0 Å². The molecule has 2 heterocycles. The van der Waals surface area contributed by atoms with E-state index in [0.717, 1.165) is 56.2 Å². The van der Waals surface area contributed by atoms with Crippen molar-refractivity contribution in [3.8, 4) is 0 Å². The normalized spacial score (nSPS) is 11.7. The van der Waals surface area contributed by atoms with Crippen molar-refractivity contribution in [2.75, 3.05) is 27.2 Å². The van der Waals surface area contributed by atoms with Gasteiger partial charge in [0, 0.05) is 39.8 Å². The molecule has 2 aromatic heterocycles. The molecule has 0 saturated carbocycles. The van der Waals surface area contributed by atoms with Crippen LogP contribution in [0.25, 0.3) is 5.65 Å². The Labute approximate surface area is 137 Å². The fourth-order valence-corrected chi connectivity index (χ4v) is 2.47. The Bertz CT molecular complexity index is 645. The summed E-state index contributed by atoms with van der Waals surface area (Å²) in [7, 11) is 3.88. The van der Waals surface area contributed by atoms with E-state index in [1.54, 1.807) is 0 Å². The highest BCUT2D eigenvalue weighted by atomic mass is 15.3. The number of hydrogen-bond acceptors (Lipinski definition) is 3. The lowest BCUT2D eigenvalue weighted by atomic mass is 10.3. The van der Waals surface area contributed by atoms with Crippen LogP contribution >= 0.6 is 0 Å². The lowest BCUT2D eigenvalue weighted by molar-refractivity contribution is 0.469. The molecule has 0 aliphatic rings. The minimum Gasteiger partial charge on any atom is -0.356 e. The third-order valence-electron chi connectivity index (χ3n) is 3.72. The largest absolute Gasteiger partial charge is 0.356 e. The number of fused-ring (bicyclic) bond motifs is 1. The first-order valence-corrected chi connectivity index (χ1v) is 8.07. The zero-order chi connectivity index (χ0) is 16.5. The van der Waals surface area contributed by atoms with Crippen LogP contribution in [-0.2, 0) is 6.42 Å². The number of rotatable bonds is 8. The van der Waals surface area contributed by atoms with Gasteiger partial charge < -0.3 is 10.2 Å². The Morgan fingerprint density at radius 3 is 3.04 bits per heavy atom. The number of pyridine rings is 1. The smallest absolute Gasteiger partial charge is 0.193 e. The molecule has 2 aromatic rings. The summed E-state index contributed by atoms with van der Waals surface area (Å²) in [5.74, 6) is 1.93. The van der Waals surface area contributed by atoms with Crippen LogP contribution in [0.15, 0.2) is 42.0 Å². The Morgan fingerprint density at radius 1 is 1.39 bits per heavy atom. The van der Waals surface area contributed by atoms with Crippen molar-refractivity contribution in [2.24, 2.45) is 4.99 Å². The summed E-state index contributed by atoms with van der Waals surface area (Å²) in [6, 6.07) is 5.94. The van der Waals surface area contributed by atoms with E-state index in [-0.39, 0.29) is 0 Å². The molecule has 0 fully saturated rings. The maximum Gasteiger partial charge on any atom is 0.193 e. The van der Waals surface area contributed by atoms with E-state index in [1.165, 1.54) is 0 Å². The van der Waals surface area contributed by atoms with Gasteiger partial charge in [0.25, 0.3) is 0 Å². The summed E-state index contributed by atoms with van der Waals surface area (Å²) in [5.41, 5.74) is 0.897. The van der Waals surface area contributed by atoms with Gasteiger partial charge in [-0.15, -0.1) is 16.8 Å². The van der Waals surface area contributed by atoms with Gasteiger partial charge in [0.15, 0.2) is 11.6 Å². The number of nitrogens with zero attached hydrogens (tertiary/aromatic N) is 5. The minimum absolute atomic E-state index is 0.861. The van der Waals surface area contributed by atoms with Crippen molar-refractivity contribution in [1.82, 2.24) is 24.8 Å². The molecule has 0 aromatic carbocycles. The zero-order valence-corrected chi connectivity index (χ0v) is 14.1. The molecule has 124 valence electrons. The monoisotopic (exact) mass is 314 g/mol. The van der Waals surface area contributed by atoms with Crippen LogP contribution in [0.2, 0.25) is 0 Å². The third-order valence-corrected chi connectivity index (χ3v) is 3.72. The van der Waals surface area contributed by atoms with Gasteiger partial charge in [-0.25, -0.2) is 0 Å². The number of nitrogens with one attached hydrogen (secondary N) is 1. The average molecular weight is 314 g/mol. The lowest BCUT2D eigenvalue weighted by Gasteiger charge is -2.21. The SMILES string of the molecule is C=CCCCN(C)C(=NC)NCCCc1nnc2ccccn12. The molecule has 0 saturated heterocycles. The van der Waals surface area contributed by atoms with Crippen LogP contribution in [0.5, 0.6) is 0 Å². The summed E-state index contributed by atoms with van der Waals surface area (Å²) >= 11 is 0. The standard InChI is InChI=1S/C17H26N6/c1-4-5-7-13-22(3)17(18-2)19-12-9-11-16-21-20-15-10-6-8-14-23(15)16/h4,6,8,10,14H,1,5,7,9,11-13H2,2-3H3,(H,18,19). The van der Waals surface area contributed by atoms with Gasteiger partial charge in [-0.2, -0.15) is 0 Å². The number of aliphatic imine (C=N–C) groups is 1. The van der Waals surface area contributed by atoms with Gasteiger partial charge in [0.05, 0.1) is 0 Å². The molecule has 2 rings (SSSR count). The number of guanidine groups is 1. The van der Waals surface area contributed by atoms with Crippen LogP contribution in [0.1, 0.15) is 25.1 Å². The van der Waals surface area contributed by atoms with Crippen LogP contribution in [0.4, 0.5) is 0 Å². The van der Waals surface area contributed by atoms with Gasteiger partial charge >= 0.3 is 0 Å². The fraction of sp³-hybridized carbons (Fsp3) is 0.471. The van der Waals surface area contributed by atoms with Gasteiger partial charge in [-0.1, -0.05) is 12.1 Å². The van der Waals surface area contributed by atoms with E-state index in [9.17, 15) is 0 Å².